The number of hydrogen-bond acceptors (Lipinski definition) is 5. The number of fused-ring (bicyclic) bond motifs is 1. The molecular weight excluding hydrogens is 240 g/mol. The van der Waals surface area contributed by atoms with E-state index in [0.29, 0.717) is 13.1 Å². The molecule has 3 aromatic rings. The molecule has 2 aromatic heterocycles. The summed E-state index contributed by atoms with van der Waals surface area (Å²) < 4.78 is 5.50. The van der Waals surface area contributed by atoms with Crippen molar-refractivity contribution in [1.29, 1.82) is 0 Å². The van der Waals surface area contributed by atoms with Gasteiger partial charge in [-0.3, -0.25) is 0 Å². The highest BCUT2D eigenvalue weighted by atomic mass is 16.3. The number of nitrogens with two attached hydrogens (primary N) is 1. The van der Waals surface area contributed by atoms with Crippen molar-refractivity contribution in [3.05, 3.63) is 42.7 Å². The van der Waals surface area contributed by atoms with Crippen LogP contribution in [0.1, 0.15) is 0 Å². The molecule has 0 atom stereocenters. The molecule has 0 aliphatic carbocycles. The number of nitrogens with zero attached hydrogens (tertiary/aromatic N) is 2. The minimum Gasteiger partial charge on any atom is -0.464 e. The fourth-order valence-corrected chi connectivity index (χ4v) is 1.95. The molecule has 1 aromatic carbocycles. The van der Waals surface area contributed by atoms with Crippen molar-refractivity contribution >= 4 is 16.8 Å². The van der Waals surface area contributed by atoms with Crippen LogP contribution in [0.25, 0.3) is 22.2 Å². The molecule has 0 saturated heterocycles. The molecule has 5 nitrogen and oxygen atoms in total. The van der Waals surface area contributed by atoms with Gasteiger partial charge >= 0.3 is 0 Å². The van der Waals surface area contributed by atoms with Crippen LogP contribution in [0.2, 0.25) is 0 Å². The van der Waals surface area contributed by atoms with Crippen molar-refractivity contribution in [2.24, 2.45) is 5.73 Å². The zero-order valence-corrected chi connectivity index (χ0v) is 10.3. The van der Waals surface area contributed by atoms with Gasteiger partial charge in [0.25, 0.3) is 0 Å². The third-order valence-electron chi connectivity index (χ3n) is 2.87. The lowest BCUT2D eigenvalue weighted by Gasteiger charge is -2.03. The van der Waals surface area contributed by atoms with E-state index in [1.807, 2.05) is 36.4 Å². The van der Waals surface area contributed by atoms with E-state index < -0.39 is 0 Å². The van der Waals surface area contributed by atoms with Gasteiger partial charge in [-0.1, -0.05) is 18.2 Å². The predicted octanol–water partition coefficient (Wildman–Crippen LogP) is 2.26. The first-order valence-electron chi connectivity index (χ1n) is 6.13. The monoisotopic (exact) mass is 254 g/mol. The van der Waals surface area contributed by atoms with Gasteiger partial charge in [0.2, 0.25) is 0 Å². The fraction of sp³-hybridized carbons (Fsp3) is 0.143. The normalized spacial score (nSPS) is 10.8. The number of aromatic nitrogens is 2. The summed E-state index contributed by atoms with van der Waals surface area (Å²) in [5, 5.41) is 12.5. The van der Waals surface area contributed by atoms with E-state index in [-0.39, 0.29) is 0 Å². The predicted molar refractivity (Wildman–Crippen MR) is 74.8 cm³/mol. The highest BCUT2D eigenvalue weighted by Crippen LogP contribution is 2.28. The molecule has 5 heteroatoms. The Morgan fingerprint density at radius 3 is 2.79 bits per heavy atom. The van der Waals surface area contributed by atoms with Gasteiger partial charge in [-0.15, -0.1) is 10.2 Å². The van der Waals surface area contributed by atoms with Gasteiger partial charge in [-0.25, -0.2) is 0 Å². The second-order valence-corrected chi connectivity index (χ2v) is 4.16. The maximum Gasteiger partial charge on any atom is 0.148 e. The average molecular weight is 254 g/mol. The summed E-state index contributed by atoms with van der Waals surface area (Å²) in [6.45, 7) is 1.25. The van der Waals surface area contributed by atoms with Crippen LogP contribution in [0.15, 0.2) is 47.1 Å². The van der Waals surface area contributed by atoms with Crippen LogP contribution < -0.4 is 11.1 Å². The Morgan fingerprint density at radius 1 is 1.11 bits per heavy atom. The molecule has 0 bridgehead atoms. The van der Waals surface area contributed by atoms with Crippen molar-refractivity contribution < 1.29 is 4.42 Å². The highest BCUT2D eigenvalue weighted by Gasteiger charge is 2.09. The number of furan rings is 1. The minimum absolute atomic E-state index is 0.565. The third kappa shape index (κ3) is 2.28. The summed E-state index contributed by atoms with van der Waals surface area (Å²) in [5.41, 5.74) is 8.02. The number of rotatable bonds is 4. The summed E-state index contributed by atoms with van der Waals surface area (Å²) in [7, 11) is 0. The summed E-state index contributed by atoms with van der Waals surface area (Å²) >= 11 is 0. The maximum atomic E-state index is 5.50. The second kappa shape index (κ2) is 5.07. The molecule has 0 amide bonds. The molecule has 0 aliphatic heterocycles. The quantitative estimate of drug-likeness (QED) is 0.746. The van der Waals surface area contributed by atoms with E-state index in [4.69, 9.17) is 10.2 Å². The molecule has 19 heavy (non-hydrogen) atoms. The number of hydrogen-bond donors (Lipinski definition) is 2. The van der Waals surface area contributed by atoms with E-state index in [0.717, 1.165) is 28.0 Å². The van der Waals surface area contributed by atoms with Crippen LogP contribution in [0.5, 0.6) is 0 Å². The molecular formula is C14H14N4O. The van der Waals surface area contributed by atoms with Crippen molar-refractivity contribution in [2.75, 3.05) is 18.4 Å². The van der Waals surface area contributed by atoms with Crippen LogP contribution in [0.3, 0.4) is 0 Å². The lowest BCUT2D eigenvalue weighted by atomic mass is 10.1. The Morgan fingerprint density at radius 2 is 2.00 bits per heavy atom. The minimum atomic E-state index is 0.565. The van der Waals surface area contributed by atoms with Crippen molar-refractivity contribution in [2.45, 2.75) is 0 Å². The van der Waals surface area contributed by atoms with Crippen molar-refractivity contribution in [3.8, 4) is 11.3 Å². The highest BCUT2D eigenvalue weighted by molar-refractivity contribution is 5.92. The number of nitrogens with one attached hydrogen (secondary N) is 1. The Labute approximate surface area is 110 Å². The number of anilines is 1. The van der Waals surface area contributed by atoms with Crippen LogP contribution in [0, 0.1) is 0 Å². The first kappa shape index (κ1) is 11.7. The third-order valence-corrected chi connectivity index (χ3v) is 2.87. The first-order valence-corrected chi connectivity index (χ1v) is 6.13. The Hall–Kier alpha value is -2.40. The molecule has 0 saturated carbocycles. The van der Waals surface area contributed by atoms with Crippen LogP contribution in [-0.2, 0) is 0 Å². The van der Waals surface area contributed by atoms with E-state index in [9.17, 15) is 0 Å². The largest absolute Gasteiger partial charge is 0.464 e. The molecule has 0 aliphatic rings. The molecule has 96 valence electrons. The topological polar surface area (TPSA) is 77.0 Å². The molecule has 0 fully saturated rings. The Balaban J connectivity index is 1.93. The van der Waals surface area contributed by atoms with Crippen LogP contribution in [-0.4, -0.2) is 23.3 Å². The van der Waals surface area contributed by atoms with Gasteiger partial charge in [-0.05, 0) is 18.2 Å². The van der Waals surface area contributed by atoms with Crippen molar-refractivity contribution in [1.82, 2.24) is 10.2 Å². The molecule has 3 N–H and O–H groups in total. The number of benzene rings is 1. The number of para-hydroxylation sites is 1. The fourth-order valence-electron chi connectivity index (χ4n) is 1.95. The van der Waals surface area contributed by atoms with Crippen LogP contribution >= 0.6 is 0 Å². The molecule has 0 spiro atoms. The van der Waals surface area contributed by atoms with Gasteiger partial charge in [0, 0.05) is 24.0 Å². The standard InChI is InChI=1S/C14H14N4O/c15-7-8-16-14-6-5-12(17-18-14)11-9-19-13-4-2-1-3-10(11)13/h1-6,9H,7-8,15H2,(H,16,18). The first-order chi connectivity index (χ1) is 9.38. The zero-order valence-electron chi connectivity index (χ0n) is 10.3. The lowest BCUT2D eigenvalue weighted by Crippen LogP contribution is -2.14. The molecule has 0 radical (unpaired) electrons. The van der Waals surface area contributed by atoms with E-state index in [1.54, 1.807) is 6.26 Å². The summed E-state index contributed by atoms with van der Waals surface area (Å²) in [6.07, 6.45) is 1.71. The Kier molecular flexibility index (Phi) is 3.12. The molecule has 2 heterocycles. The SMILES string of the molecule is NCCNc1ccc(-c2coc3ccccc23)nn1. The zero-order chi connectivity index (χ0) is 13.1. The average Bonchev–Trinajstić information content (AvgIpc) is 2.90. The lowest BCUT2D eigenvalue weighted by molar-refractivity contribution is 0.616. The smallest absolute Gasteiger partial charge is 0.148 e. The van der Waals surface area contributed by atoms with Gasteiger partial charge in [0.1, 0.15) is 17.7 Å². The van der Waals surface area contributed by atoms with Gasteiger partial charge in [-0.2, -0.15) is 0 Å². The second-order valence-electron chi connectivity index (χ2n) is 4.16. The van der Waals surface area contributed by atoms with Crippen LogP contribution in [0.4, 0.5) is 5.82 Å². The molecule has 3 rings (SSSR count). The maximum absolute atomic E-state index is 5.50. The van der Waals surface area contributed by atoms with E-state index in [2.05, 4.69) is 15.5 Å². The van der Waals surface area contributed by atoms with Gasteiger partial charge < -0.3 is 15.5 Å². The van der Waals surface area contributed by atoms with Crippen molar-refractivity contribution in [3.63, 3.8) is 0 Å². The summed E-state index contributed by atoms with van der Waals surface area (Å²) in [4.78, 5) is 0. The Bertz CT molecular complexity index is 675. The van der Waals surface area contributed by atoms with E-state index >= 15 is 0 Å². The molecule has 0 unspecified atom stereocenters. The van der Waals surface area contributed by atoms with Gasteiger partial charge in [0.05, 0.1) is 5.69 Å². The van der Waals surface area contributed by atoms with E-state index in [1.165, 1.54) is 0 Å². The summed E-state index contributed by atoms with van der Waals surface area (Å²) in [5.74, 6) is 0.724. The summed E-state index contributed by atoms with van der Waals surface area (Å²) in [6, 6.07) is 11.7. The van der Waals surface area contributed by atoms with Gasteiger partial charge in [0.15, 0.2) is 0 Å².